The highest BCUT2D eigenvalue weighted by Crippen LogP contribution is 2.30. The molecule has 35 heavy (non-hydrogen) atoms. The average molecular weight is 475 g/mol. The third kappa shape index (κ3) is 4.23. The molecule has 2 aromatic heterocycles. The number of aromatic amines is 1. The Kier molecular flexibility index (Phi) is 5.72. The lowest BCUT2D eigenvalue weighted by atomic mass is 9.99. The van der Waals surface area contributed by atoms with Gasteiger partial charge in [-0.1, -0.05) is 30.3 Å². The van der Waals surface area contributed by atoms with E-state index in [1.54, 1.807) is 44.1 Å². The smallest absolute Gasteiger partial charge is 0.292 e. The van der Waals surface area contributed by atoms with Crippen molar-refractivity contribution in [2.75, 3.05) is 27.2 Å². The number of H-pyrrole nitrogens is 1. The number of rotatable bonds is 4. The van der Waals surface area contributed by atoms with Gasteiger partial charge in [-0.15, -0.1) is 0 Å². The minimum Gasteiger partial charge on any atom is -0.435 e. The van der Waals surface area contributed by atoms with Crippen molar-refractivity contribution < 1.29 is 19.8 Å². The van der Waals surface area contributed by atoms with Crippen LogP contribution in [-0.2, 0) is 0 Å². The molecule has 4 aromatic rings. The van der Waals surface area contributed by atoms with E-state index in [1.807, 2.05) is 24.3 Å². The summed E-state index contributed by atoms with van der Waals surface area (Å²) in [4.78, 5) is 36.5. The number of carbonyl (C=O) groups is 2. The van der Waals surface area contributed by atoms with Crippen LogP contribution in [0.5, 0.6) is 0 Å². The van der Waals surface area contributed by atoms with Crippen molar-refractivity contribution in [2.45, 2.75) is 13.3 Å². The van der Waals surface area contributed by atoms with Gasteiger partial charge in [0.25, 0.3) is 11.8 Å². The fraction of sp³-hybridized carbons (Fsp3) is 0.222. The van der Waals surface area contributed by atoms with E-state index in [4.69, 9.17) is 4.42 Å². The van der Waals surface area contributed by atoms with Crippen LogP contribution in [0.4, 0.5) is 4.39 Å². The van der Waals surface area contributed by atoms with Crippen molar-refractivity contribution in [3.63, 3.8) is 0 Å². The molecule has 8 heteroatoms. The molecule has 0 radical (unpaired) electrons. The normalized spacial score (nSPS) is 13.7. The minimum absolute atomic E-state index is 0. The number of amides is 2. The van der Waals surface area contributed by atoms with Crippen LogP contribution in [0.25, 0.3) is 27.7 Å². The number of aromatic nitrogens is 2. The monoisotopic (exact) mass is 474 g/mol. The number of aryl methyl sites for hydroxylation is 1. The molecule has 3 heterocycles. The Balaban J connectivity index is 0.00000304. The van der Waals surface area contributed by atoms with Gasteiger partial charge < -0.3 is 19.2 Å². The maximum atomic E-state index is 14.4. The molecule has 7 nitrogen and oxygen atoms in total. The van der Waals surface area contributed by atoms with Crippen molar-refractivity contribution in [3.05, 3.63) is 83.3 Å². The van der Waals surface area contributed by atoms with Crippen LogP contribution in [0.1, 0.15) is 40.3 Å². The zero-order chi connectivity index (χ0) is 24.7. The zero-order valence-corrected chi connectivity index (χ0v) is 19.8. The first-order valence-corrected chi connectivity index (χ1v) is 11.4. The molecule has 0 saturated carbocycles. The second kappa shape index (κ2) is 8.87. The highest BCUT2D eigenvalue weighted by molar-refractivity contribution is 6.00. The Morgan fingerprint density at radius 3 is 2.74 bits per heavy atom. The Bertz CT molecular complexity index is 1490. The summed E-state index contributed by atoms with van der Waals surface area (Å²) in [6.07, 6.45) is 2.79. The van der Waals surface area contributed by atoms with Gasteiger partial charge in [-0.25, -0.2) is 9.37 Å². The number of benzene rings is 2. The first-order valence-electron chi connectivity index (χ1n) is 11.4. The summed E-state index contributed by atoms with van der Waals surface area (Å²) in [6, 6.07) is 14.0. The van der Waals surface area contributed by atoms with Gasteiger partial charge >= 0.3 is 0 Å². The molecule has 0 saturated heterocycles. The Morgan fingerprint density at radius 2 is 1.97 bits per heavy atom. The van der Waals surface area contributed by atoms with E-state index >= 15 is 0 Å². The van der Waals surface area contributed by atoms with Crippen LogP contribution < -0.4 is 0 Å². The molecule has 2 aromatic carbocycles. The number of fused-ring (bicyclic) bond motifs is 1. The van der Waals surface area contributed by atoms with Crippen molar-refractivity contribution in [3.8, 4) is 11.3 Å². The molecule has 0 spiro atoms. The van der Waals surface area contributed by atoms with Crippen molar-refractivity contribution in [2.24, 2.45) is 0 Å². The first kappa shape index (κ1) is 22.6. The van der Waals surface area contributed by atoms with E-state index in [0.717, 1.165) is 22.0 Å². The SMILES string of the molecule is Cc1nc(-c2ccccc2F)c(C(=O)N2CCC=C(c3ccc4cc(C(=O)N(C)C)[nH]c4c3)C2)o1.[HH]. The van der Waals surface area contributed by atoms with Crippen LogP contribution in [0.2, 0.25) is 0 Å². The highest BCUT2D eigenvalue weighted by atomic mass is 19.1. The summed E-state index contributed by atoms with van der Waals surface area (Å²) in [6.45, 7) is 2.54. The summed E-state index contributed by atoms with van der Waals surface area (Å²) < 4.78 is 20.1. The third-order valence-electron chi connectivity index (χ3n) is 6.13. The first-order chi connectivity index (χ1) is 16.8. The predicted molar refractivity (Wildman–Crippen MR) is 134 cm³/mol. The molecule has 0 atom stereocenters. The summed E-state index contributed by atoms with van der Waals surface area (Å²) >= 11 is 0. The lowest BCUT2D eigenvalue weighted by Gasteiger charge is -2.27. The summed E-state index contributed by atoms with van der Waals surface area (Å²) in [5, 5.41) is 0.940. The molecule has 5 rings (SSSR count). The van der Waals surface area contributed by atoms with Gasteiger partial charge in [0.15, 0.2) is 5.89 Å². The molecule has 0 bridgehead atoms. The van der Waals surface area contributed by atoms with Crippen molar-refractivity contribution in [1.29, 1.82) is 0 Å². The minimum atomic E-state index is -0.458. The van der Waals surface area contributed by atoms with Gasteiger partial charge in [0, 0.05) is 52.0 Å². The lowest BCUT2D eigenvalue weighted by molar-refractivity contribution is 0.0742. The Labute approximate surface area is 203 Å². The second-order valence-corrected chi connectivity index (χ2v) is 8.82. The topological polar surface area (TPSA) is 82.4 Å². The molecule has 1 aliphatic rings. The van der Waals surface area contributed by atoms with E-state index < -0.39 is 5.82 Å². The van der Waals surface area contributed by atoms with Crippen LogP contribution in [-0.4, -0.2) is 58.8 Å². The van der Waals surface area contributed by atoms with E-state index in [1.165, 1.54) is 11.0 Å². The molecule has 2 amide bonds. The third-order valence-corrected chi connectivity index (χ3v) is 6.13. The van der Waals surface area contributed by atoms with E-state index in [9.17, 15) is 14.0 Å². The predicted octanol–water partition coefficient (Wildman–Crippen LogP) is 5.15. The van der Waals surface area contributed by atoms with Gasteiger partial charge in [-0.3, -0.25) is 9.59 Å². The molecule has 0 fully saturated rings. The van der Waals surface area contributed by atoms with E-state index in [-0.39, 0.29) is 30.3 Å². The molecule has 180 valence electrons. The second-order valence-electron chi connectivity index (χ2n) is 8.82. The largest absolute Gasteiger partial charge is 0.435 e. The molecule has 1 aliphatic heterocycles. The van der Waals surface area contributed by atoms with Crippen LogP contribution in [0, 0.1) is 12.7 Å². The van der Waals surface area contributed by atoms with Crippen molar-refractivity contribution >= 4 is 28.3 Å². The maximum Gasteiger partial charge on any atom is 0.292 e. The summed E-state index contributed by atoms with van der Waals surface area (Å²) in [5.74, 6) is -0.528. The molecule has 1 N–H and O–H groups in total. The fourth-order valence-corrected chi connectivity index (χ4v) is 4.36. The van der Waals surface area contributed by atoms with E-state index in [2.05, 4.69) is 16.0 Å². The number of nitrogens with one attached hydrogen (secondary N) is 1. The van der Waals surface area contributed by atoms with Gasteiger partial charge in [0.05, 0.1) is 0 Å². The van der Waals surface area contributed by atoms with Crippen LogP contribution >= 0.6 is 0 Å². The van der Waals surface area contributed by atoms with E-state index in [0.29, 0.717) is 31.1 Å². The van der Waals surface area contributed by atoms with Gasteiger partial charge in [-0.2, -0.15) is 0 Å². The van der Waals surface area contributed by atoms with Gasteiger partial charge in [-0.05, 0) is 41.8 Å². The van der Waals surface area contributed by atoms with Crippen molar-refractivity contribution in [1.82, 2.24) is 19.8 Å². The fourth-order valence-electron chi connectivity index (χ4n) is 4.36. The highest BCUT2D eigenvalue weighted by Gasteiger charge is 2.28. The Morgan fingerprint density at radius 1 is 1.17 bits per heavy atom. The average Bonchev–Trinajstić information content (AvgIpc) is 3.46. The number of oxazole rings is 1. The quantitative estimate of drug-likeness (QED) is 0.444. The lowest BCUT2D eigenvalue weighted by Crippen LogP contribution is -2.35. The molecule has 0 aliphatic carbocycles. The number of carbonyl (C=O) groups excluding carboxylic acids is 2. The number of halogens is 1. The number of hydrogen-bond donors (Lipinski definition) is 1. The van der Waals surface area contributed by atoms with Crippen LogP contribution in [0.3, 0.4) is 0 Å². The summed E-state index contributed by atoms with van der Waals surface area (Å²) in [5.41, 5.74) is 3.78. The van der Waals surface area contributed by atoms with Gasteiger partial charge in [0.2, 0.25) is 5.76 Å². The molecular weight excluding hydrogens is 447 g/mol. The number of hydrogen-bond acceptors (Lipinski definition) is 4. The zero-order valence-electron chi connectivity index (χ0n) is 19.8. The summed E-state index contributed by atoms with van der Waals surface area (Å²) in [7, 11) is 3.43. The number of nitrogens with zero attached hydrogens (tertiary/aromatic N) is 3. The molecular formula is C27H27FN4O3. The maximum absolute atomic E-state index is 14.4. The molecule has 0 unspecified atom stereocenters. The Hall–Kier alpha value is -4.20. The standard InChI is InChI=1S/C27H25FN4O3.H2/c1-16-29-24(20-8-4-5-9-21(20)28)25(35-16)27(34)32-12-6-7-19(15-32)17-10-11-18-14-23(26(33)31(2)3)30-22(18)13-17;/h4-5,7-11,13-14,30H,6,12,15H2,1-3H3;1H. The van der Waals surface area contributed by atoms with Gasteiger partial charge in [0.1, 0.15) is 17.2 Å². The van der Waals surface area contributed by atoms with Crippen LogP contribution in [0.15, 0.2) is 59.0 Å².